The lowest BCUT2D eigenvalue weighted by atomic mass is 9.93. The van der Waals surface area contributed by atoms with E-state index in [-0.39, 0.29) is 11.7 Å². The second-order valence-corrected chi connectivity index (χ2v) is 7.65. The molecule has 0 spiro atoms. The molecule has 0 aromatic heterocycles. The summed E-state index contributed by atoms with van der Waals surface area (Å²) in [6.07, 6.45) is 2.98. The summed E-state index contributed by atoms with van der Waals surface area (Å²) in [4.78, 5) is 16.7. The highest BCUT2D eigenvalue weighted by Crippen LogP contribution is 2.23. The van der Waals surface area contributed by atoms with Crippen LogP contribution in [0.4, 0.5) is 10.1 Å². The molecule has 1 heterocycles. The number of amides is 1. The molecule has 0 bridgehead atoms. The van der Waals surface area contributed by atoms with E-state index in [1.54, 1.807) is 6.07 Å². The Kier molecular flexibility index (Phi) is 7.04. The van der Waals surface area contributed by atoms with Crippen molar-refractivity contribution in [3.8, 4) is 0 Å². The predicted molar refractivity (Wildman–Crippen MR) is 110 cm³/mol. The number of ether oxygens (including phenoxy) is 1. The molecule has 1 aliphatic heterocycles. The Hall–Kier alpha value is -2.40. The average molecular weight is 384 g/mol. The fourth-order valence-corrected chi connectivity index (χ4v) is 3.59. The number of likely N-dealkylation sites (tertiary alicyclic amines) is 1. The number of halogens is 1. The van der Waals surface area contributed by atoms with E-state index in [0.717, 1.165) is 49.2 Å². The van der Waals surface area contributed by atoms with Crippen molar-refractivity contribution in [1.82, 2.24) is 4.90 Å². The number of carbonyl (C=O) groups is 1. The van der Waals surface area contributed by atoms with Gasteiger partial charge in [-0.1, -0.05) is 18.2 Å². The number of benzene rings is 2. The van der Waals surface area contributed by atoms with E-state index < -0.39 is 0 Å². The summed E-state index contributed by atoms with van der Waals surface area (Å²) in [6, 6.07) is 14.3. The highest BCUT2D eigenvalue weighted by molar-refractivity contribution is 5.95. The first kappa shape index (κ1) is 20.3. The minimum Gasteiger partial charge on any atom is -0.378 e. The van der Waals surface area contributed by atoms with Crippen molar-refractivity contribution in [1.29, 1.82) is 0 Å². The molecular weight excluding hydrogens is 355 g/mol. The molecule has 1 amide bonds. The summed E-state index contributed by atoms with van der Waals surface area (Å²) in [5, 5.41) is 0. The van der Waals surface area contributed by atoms with Gasteiger partial charge in [-0.05, 0) is 61.1 Å². The molecule has 1 saturated heterocycles. The Bertz CT molecular complexity index is 786. The molecule has 4 nitrogen and oxygen atoms in total. The van der Waals surface area contributed by atoms with E-state index in [1.165, 1.54) is 12.1 Å². The molecule has 150 valence electrons. The van der Waals surface area contributed by atoms with Gasteiger partial charge in [0, 0.05) is 45.0 Å². The van der Waals surface area contributed by atoms with Crippen LogP contribution in [0, 0.1) is 11.7 Å². The van der Waals surface area contributed by atoms with Gasteiger partial charge in [-0.3, -0.25) is 4.79 Å². The first-order chi connectivity index (χ1) is 13.5. The number of nitrogens with zero attached hydrogens (tertiary/aromatic N) is 2. The molecule has 5 heteroatoms. The van der Waals surface area contributed by atoms with E-state index in [1.807, 2.05) is 54.2 Å². The summed E-state index contributed by atoms with van der Waals surface area (Å²) in [5.74, 6) is 0.462. The first-order valence-electron chi connectivity index (χ1n) is 9.92. The highest BCUT2D eigenvalue weighted by atomic mass is 19.1. The summed E-state index contributed by atoms with van der Waals surface area (Å²) >= 11 is 0. The van der Waals surface area contributed by atoms with Crippen molar-refractivity contribution in [2.24, 2.45) is 5.92 Å². The summed E-state index contributed by atoms with van der Waals surface area (Å²) in [6.45, 7) is 2.69. The quantitative estimate of drug-likeness (QED) is 0.666. The van der Waals surface area contributed by atoms with Gasteiger partial charge in [-0.25, -0.2) is 4.39 Å². The number of rotatable bonds is 7. The van der Waals surface area contributed by atoms with Crippen LogP contribution < -0.4 is 4.90 Å². The van der Waals surface area contributed by atoms with Crippen molar-refractivity contribution in [3.05, 3.63) is 65.5 Å². The van der Waals surface area contributed by atoms with Gasteiger partial charge in [-0.15, -0.1) is 0 Å². The molecule has 0 N–H and O–H groups in total. The van der Waals surface area contributed by atoms with Crippen LogP contribution in [-0.2, 0) is 11.3 Å². The smallest absolute Gasteiger partial charge is 0.253 e. The van der Waals surface area contributed by atoms with Crippen LogP contribution >= 0.6 is 0 Å². The van der Waals surface area contributed by atoms with E-state index in [4.69, 9.17) is 4.74 Å². The summed E-state index contributed by atoms with van der Waals surface area (Å²) < 4.78 is 18.9. The Labute approximate surface area is 166 Å². The standard InChI is InChI=1S/C23H29FN2O2/c1-25(2)22-8-4-6-20(16-22)23(27)26-12-9-18(10-13-26)11-14-28-17-19-5-3-7-21(24)15-19/h3-8,15-16,18H,9-14,17H2,1-2H3. The van der Waals surface area contributed by atoms with Crippen LogP contribution in [0.1, 0.15) is 35.2 Å². The normalized spacial score (nSPS) is 14.9. The summed E-state index contributed by atoms with van der Waals surface area (Å²) in [5.41, 5.74) is 2.65. The van der Waals surface area contributed by atoms with Crippen molar-refractivity contribution in [2.75, 3.05) is 38.7 Å². The number of anilines is 1. The zero-order valence-electron chi connectivity index (χ0n) is 16.7. The van der Waals surface area contributed by atoms with E-state index in [0.29, 0.717) is 19.1 Å². The molecule has 28 heavy (non-hydrogen) atoms. The first-order valence-corrected chi connectivity index (χ1v) is 9.92. The number of hydrogen-bond acceptors (Lipinski definition) is 3. The predicted octanol–water partition coefficient (Wildman–Crippen LogP) is 4.35. The van der Waals surface area contributed by atoms with Gasteiger partial charge >= 0.3 is 0 Å². The molecule has 0 aliphatic carbocycles. The molecule has 0 unspecified atom stereocenters. The van der Waals surface area contributed by atoms with Gasteiger partial charge < -0.3 is 14.5 Å². The van der Waals surface area contributed by atoms with Crippen LogP contribution in [-0.4, -0.2) is 44.6 Å². The molecule has 3 rings (SSSR count). The van der Waals surface area contributed by atoms with Gasteiger partial charge in [0.05, 0.1) is 6.61 Å². The van der Waals surface area contributed by atoms with Crippen LogP contribution in [0.25, 0.3) is 0 Å². The van der Waals surface area contributed by atoms with Gasteiger partial charge in [0.1, 0.15) is 5.82 Å². The Balaban J connectivity index is 1.40. The maximum absolute atomic E-state index is 13.2. The number of hydrogen-bond donors (Lipinski definition) is 0. The highest BCUT2D eigenvalue weighted by Gasteiger charge is 2.23. The third-order valence-corrected chi connectivity index (χ3v) is 5.34. The molecular formula is C23H29FN2O2. The number of piperidine rings is 1. The average Bonchev–Trinajstić information content (AvgIpc) is 2.71. The third-order valence-electron chi connectivity index (χ3n) is 5.34. The van der Waals surface area contributed by atoms with Gasteiger partial charge in [-0.2, -0.15) is 0 Å². The SMILES string of the molecule is CN(C)c1cccc(C(=O)N2CCC(CCOCc3cccc(F)c3)CC2)c1. The zero-order chi connectivity index (χ0) is 19.9. The third kappa shape index (κ3) is 5.55. The van der Waals surface area contributed by atoms with Crippen LogP contribution in [0.3, 0.4) is 0 Å². The molecule has 2 aromatic carbocycles. The molecule has 2 aromatic rings. The van der Waals surface area contributed by atoms with Crippen molar-refractivity contribution in [2.45, 2.75) is 25.9 Å². The van der Waals surface area contributed by atoms with E-state index >= 15 is 0 Å². The number of carbonyl (C=O) groups excluding carboxylic acids is 1. The Morgan fingerprint density at radius 1 is 1.14 bits per heavy atom. The zero-order valence-corrected chi connectivity index (χ0v) is 16.7. The molecule has 0 radical (unpaired) electrons. The topological polar surface area (TPSA) is 32.8 Å². The fraction of sp³-hybridized carbons (Fsp3) is 0.435. The summed E-state index contributed by atoms with van der Waals surface area (Å²) in [7, 11) is 3.96. The fourth-order valence-electron chi connectivity index (χ4n) is 3.59. The lowest BCUT2D eigenvalue weighted by Crippen LogP contribution is -2.38. The van der Waals surface area contributed by atoms with Gasteiger partial charge in [0.25, 0.3) is 5.91 Å². The van der Waals surface area contributed by atoms with Crippen LogP contribution in [0.2, 0.25) is 0 Å². The lowest BCUT2D eigenvalue weighted by molar-refractivity contribution is 0.0638. The van der Waals surface area contributed by atoms with E-state index in [2.05, 4.69) is 0 Å². The van der Waals surface area contributed by atoms with Crippen molar-refractivity contribution in [3.63, 3.8) is 0 Å². The molecule has 1 aliphatic rings. The maximum atomic E-state index is 13.2. The molecule has 0 atom stereocenters. The Morgan fingerprint density at radius 3 is 2.61 bits per heavy atom. The molecule has 0 saturated carbocycles. The largest absolute Gasteiger partial charge is 0.378 e. The van der Waals surface area contributed by atoms with Crippen LogP contribution in [0.5, 0.6) is 0 Å². The second-order valence-electron chi connectivity index (χ2n) is 7.65. The van der Waals surface area contributed by atoms with Crippen molar-refractivity contribution >= 4 is 11.6 Å². The second kappa shape index (κ2) is 9.69. The monoisotopic (exact) mass is 384 g/mol. The maximum Gasteiger partial charge on any atom is 0.253 e. The van der Waals surface area contributed by atoms with Crippen molar-refractivity contribution < 1.29 is 13.9 Å². The molecule has 1 fully saturated rings. The van der Waals surface area contributed by atoms with Crippen LogP contribution in [0.15, 0.2) is 48.5 Å². The van der Waals surface area contributed by atoms with Gasteiger partial charge in [0.15, 0.2) is 0 Å². The minimum absolute atomic E-state index is 0.115. The van der Waals surface area contributed by atoms with E-state index in [9.17, 15) is 9.18 Å². The Morgan fingerprint density at radius 2 is 1.89 bits per heavy atom. The van der Waals surface area contributed by atoms with Gasteiger partial charge in [0.2, 0.25) is 0 Å². The lowest BCUT2D eigenvalue weighted by Gasteiger charge is -2.32. The minimum atomic E-state index is -0.228.